The average molecular weight is 380 g/mol. The number of nitrogen functional groups attached to an aromatic ring is 1. The summed E-state index contributed by atoms with van der Waals surface area (Å²) in [5.41, 5.74) is 5.63. The van der Waals surface area contributed by atoms with Crippen LogP contribution < -0.4 is 15.8 Å². The number of hydrogen-bond acceptors (Lipinski definition) is 4. The number of hydrogen-bond donors (Lipinski definition) is 3. The van der Waals surface area contributed by atoms with E-state index in [-0.39, 0.29) is 35.1 Å². The fourth-order valence-corrected chi connectivity index (χ4v) is 3.46. The van der Waals surface area contributed by atoms with Crippen LogP contribution in [-0.2, 0) is 14.8 Å². The lowest BCUT2D eigenvalue weighted by Gasteiger charge is -2.09. The zero-order chi connectivity index (χ0) is 15.6. The normalized spacial score (nSPS) is 15.0. The molecule has 1 fully saturated rings. The zero-order valence-electron chi connectivity index (χ0n) is 11.0. The molecule has 1 aromatic carbocycles. The molecule has 0 saturated heterocycles. The Bertz CT molecular complexity index is 662. The van der Waals surface area contributed by atoms with E-state index in [1.54, 1.807) is 0 Å². The molecule has 4 N–H and O–H groups in total. The number of benzene rings is 1. The molecule has 0 atom stereocenters. The van der Waals surface area contributed by atoms with Crippen LogP contribution in [-0.4, -0.2) is 26.9 Å². The lowest BCUT2D eigenvalue weighted by atomic mass is 10.3. The zero-order valence-corrected chi connectivity index (χ0v) is 13.4. The highest BCUT2D eigenvalue weighted by atomic mass is 79.9. The van der Waals surface area contributed by atoms with Gasteiger partial charge < -0.3 is 11.1 Å². The van der Waals surface area contributed by atoms with Crippen molar-refractivity contribution in [3.8, 4) is 0 Å². The van der Waals surface area contributed by atoms with Crippen LogP contribution in [0.15, 0.2) is 21.5 Å². The van der Waals surface area contributed by atoms with Gasteiger partial charge in [0.2, 0.25) is 15.9 Å². The molecule has 0 aliphatic heterocycles. The van der Waals surface area contributed by atoms with E-state index in [1.807, 2.05) is 0 Å². The second kappa shape index (κ2) is 6.29. The van der Waals surface area contributed by atoms with Crippen LogP contribution in [0.1, 0.15) is 19.3 Å². The molecule has 1 aliphatic carbocycles. The van der Waals surface area contributed by atoms with Crippen molar-refractivity contribution < 1.29 is 17.6 Å². The number of halogens is 2. The van der Waals surface area contributed by atoms with Crippen LogP contribution >= 0.6 is 15.9 Å². The van der Waals surface area contributed by atoms with E-state index < -0.39 is 20.7 Å². The summed E-state index contributed by atoms with van der Waals surface area (Å²) >= 11 is 2.90. The summed E-state index contributed by atoms with van der Waals surface area (Å²) in [5, 5.41) is 2.73. The van der Waals surface area contributed by atoms with E-state index in [9.17, 15) is 17.6 Å². The number of rotatable bonds is 6. The van der Waals surface area contributed by atoms with Crippen molar-refractivity contribution in [3.05, 3.63) is 22.4 Å². The van der Waals surface area contributed by atoms with E-state index >= 15 is 0 Å². The van der Waals surface area contributed by atoms with Crippen LogP contribution in [0, 0.1) is 5.82 Å². The highest BCUT2D eigenvalue weighted by Gasteiger charge is 2.24. The van der Waals surface area contributed by atoms with Gasteiger partial charge in [-0.25, -0.2) is 17.5 Å². The first-order valence-electron chi connectivity index (χ1n) is 6.33. The first-order valence-corrected chi connectivity index (χ1v) is 8.61. The highest BCUT2D eigenvalue weighted by Crippen LogP contribution is 2.26. The van der Waals surface area contributed by atoms with Gasteiger partial charge in [0.15, 0.2) is 5.82 Å². The van der Waals surface area contributed by atoms with Gasteiger partial charge in [-0.1, -0.05) is 0 Å². The summed E-state index contributed by atoms with van der Waals surface area (Å²) in [7, 11) is -4.06. The van der Waals surface area contributed by atoms with Gasteiger partial charge in [-0.2, -0.15) is 0 Å². The maximum Gasteiger partial charge on any atom is 0.243 e. The Labute approximate surface area is 130 Å². The maximum atomic E-state index is 13.8. The third-order valence-corrected chi connectivity index (χ3v) is 4.93. The first-order chi connectivity index (χ1) is 9.79. The molecule has 0 radical (unpaired) electrons. The van der Waals surface area contributed by atoms with E-state index in [1.165, 1.54) is 6.07 Å². The Balaban J connectivity index is 1.99. The van der Waals surface area contributed by atoms with Crippen molar-refractivity contribution in [2.24, 2.45) is 0 Å². The fourth-order valence-electron chi connectivity index (χ4n) is 1.68. The number of anilines is 1. The van der Waals surface area contributed by atoms with Crippen molar-refractivity contribution in [1.29, 1.82) is 0 Å². The number of carbonyl (C=O) groups is 1. The van der Waals surface area contributed by atoms with Crippen LogP contribution in [0.4, 0.5) is 10.1 Å². The predicted octanol–water partition coefficient (Wildman–Crippen LogP) is 1.12. The van der Waals surface area contributed by atoms with Crippen LogP contribution in [0.5, 0.6) is 0 Å². The smallest absolute Gasteiger partial charge is 0.243 e. The predicted molar refractivity (Wildman–Crippen MR) is 79.5 cm³/mol. The monoisotopic (exact) mass is 379 g/mol. The van der Waals surface area contributed by atoms with Crippen molar-refractivity contribution >= 4 is 37.5 Å². The van der Waals surface area contributed by atoms with Gasteiger partial charge in [-0.15, -0.1) is 0 Å². The lowest BCUT2D eigenvalue weighted by molar-refractivity contribution is -0.121. The summed E-state index contributed by atoms with van der Waals surface area (Å²) in [4.78, 5) is 10.9. The lowest BCUT2D eigenvalue weighted by Crippen LogP contribution is -2.32. The molecule has 0 bridgehead atoms. The summed E-state index contributed by atoms with van der Waals surface area (Å²) < 4.78 is 40.0. The van der Waals surface area contributed by atoms with E-state index in [0.717, 1.165) is 18.9 Å². The number of nitrogens with two attached hydrogens (primary N) is 1. The summed E-state index contributed by atoms with van der Waals surface area (Å²) in [6, 6.07) is 2.53. The van der Waals surface area contributed by atoms with Gasteiger partial charge in [0.1, 0.15) is 4.90 Å². The number of carbonyl (C=O) groups excluding carboxylic acids is 1. The minimum Gasteiger partial charge on any atom is -0.399 e. The first kappa shape index (κ1) is 16.2. The van der Waals surface area contributed by atoms with Crippen molar-refractivity contribution in [2.45, 2.75) is 30.2 Å². The van der Waals surface area contributed by atoms with Gasteiger partial charge in [0, 0.05) is 24.7 Å². The minimum absolute atomic E-state index is 0.000828. The van der Waals surface area contributed by atoms with Gasteiger partial charge in [0.25, 0.3) is 0 Å². The molecule has 0 spiro atoms. The van der Waals surface area contributed by atoms with Crippen LogP contribution in [0.25, 0.3) is 0 Å². The van der Waals surface area contributed by atoms with Crippen LogP contribution in [0.2, 0.25) is 0 Å². The quantitative estimate of drug-likeness (QED) is 0.644. The van der Waals surface area contributed by atoms with Gasteiger partial charge in [-0.3, -0.25) is 4.79 Å². The molecule has 6 nitrogen and oxygen atoms in total. The molecule has 116 valence electrons. The Morgan fingerprint density at radius 1 is 1.43 bits per heavy atom. The summed E-state index contributed by atoms with van der Waals surface area (Å²) in [6.07, 6.45) is 1.92. The minimum atomic E-state index is -4.06. The summed E-state index contributed by atoms with van der Waals surface area (Å²) in [6.45, 7) is -0.104. The number of nitrogens with one attached hydrogen (secondary N) is 2. The molecular weight excluding hydrogens is 365 g/mol. The molecule has 2 rings (SSSR count). The van der Waals surface area contributed by atoms with E-state index in [4.69, 9.17) is 5.73 Å². The second-order valence-electron chi connectivity index (χ2n) is 4.80. The SMILES string of the molecule is Nc1cc(Br)c(F)c(S(=O)(=O)NCCC(=O)NC2CC2)c1. The summed E-state index contributed by atoms with van der Waals surface area (Å²) in [5.74, 6) is -1.14. The van der Waals surface area contributed by atoms with Crippen molar-refractivity contribution in [2.75, 3.05) is 12.3 Å². The highest BCUT2D eigenvalue weighted by molar-refractivity contribution is 9.10. The number of sulfonamides is 1. The van der Waals surface area contributed by atoms with Gasteiger partial charge >= 0.3 is 0 Å². The third-order valence-electron chi connectivity index (χ3n) is 2.89. The molecule has 1 saturated carbocycles. The Hall–Kier alpha value is -1.19. The third kappa shape index (κ3) is 4.39. The second-order valence-corrected chi connectivity index (χ2v) is 7.39. The maximum absolute atomic E-state index is 13.8. The standard InChI is InChI=1S/C12H15BrFN3O3S/c13-9-5-7(15)6-10(12(9)14)21(19,20)16-4-3-11(18)17-8-1-2-8/h5-6,8,16H,1-4,15H2,(H,17,18). The Morgan fingerprint density at radius 2 is 2.10 bits per heavy atom. The van der Waals surface area contributed by atoms with E-state index in [0.29, 0.717) is 0 Å². The van der Waals surface area contributed by atoms with Gasteiger partial charge in [-0.05, 0) is 40.9 Å². The molecule has 0 unspecified atom stereocenters. The average Bonchev–Trinajstić information content (AvgIpc) is 3.17. The molecule has 9 heteroatoms. The molecule has 0 aromatic heterocycles. The Kier molecular flexibility index (Phi) is 4.84. The fraction of sp³-hybridized carbons (Fsp3) is 0.417. The largest absolute Gasteiger partial charge is 0.399 e. The topological polar surface area (TPSA) is 101 Å². The molecule has 1 amide bonds. The molecule has 1 aromatic rings. The molecule has 1 aliphatic rings. The van der Waals surface area contributed by atoms with Crippen molar-refractivity contribution in [1.82, 2.24) is 10.0 Å². The van der Waals surface area contributed by atoms with Gasteiger partial charge in [0.05, 0.1) is 4.47 Å². The number of amides is 1. The Morgan fingerprint density at radius 3 is 2.71 bits per heavy atom. The molecule has 21 heavy (non-hydrogen) atoms. The molecule has 0 heterocycles. The van der Waals surface area contributed by atoms with E-state index in [2.05, 4.69) is 26.0 Å². The van der Waals surface area contributed by atoms with Crippen molar-refractivity contribution in [3.63, 3.8) is 0 Å². The van der Waals surface area contributed by atoms with Crippen LogP contribution in [0.3, 0.4) is 0 Å². The molecular formula is C12H15BrFN3O3S.